The normalized spacial score (nSPS) is 18.2. The summed E-state index contributed by atoms with van der Waals surface area (Å²) in [4.78, 5) is 17.8. The molecule has 7 heteroatoms. The van der Waals surface area contributed by atoms with Crippen molar-refractivity contribution in [1.82, 2.24) is 15.0 Å². The number of aryl methyl sites for hydroxylation is 1. The largest absolute Gasteiger partial charge is 0.378 e. The first-order valence-corrected chi connectivity index (χ1v) is 10.8. The zero-order valence-electron chi connectivity index (χ0n) is 15.9. The van der Waals surface area contributed by atoms with Gasteiger partial charge in [0, 0.05) is 24.5 Å². The summed E-state index contributed by atoms with van der Waals surface area (Å²) in [6.45, 7) is 7.80. The van der Waals surface area contributed by atoms with Gasteiger partial charge in [0.2, 0.25) is 0 Å². The molecule has 0 unspecified atom stereocenters. The monoisotopic (exact) mass is 383 g/mol. The van der Waals surface area contributed by atoms with Crippen LogP contribution in [0.5, 0.6) is 0 Å². The molecule has 6 nitrogen and oxygen atoms in total. The number of morpholine rings is 1. The molecule has 3 aromatic heterocycles. The fraction of sp³-hybridized carbons (Fsp3) is 0.550. The van der Waals surface area contributed by atoms with Crippen LogP contribution in [0.4, 0.5) is 11.6 Å². The van der Waals surface area contributed by atoms with E-state index in [-0.39, 0.29) is 0 Å². The topological polar surface area (TPSA) is 63.2 Å². The zero-order valence-corrected chi connectivity index (χ0v) is 16.7. The molecule has 0 amide bonds. The lowest BCUT2D eigenvalue weighted by atomic mass is 10.1. The second-order valence-electron chi connectivity index (χ2n) is 7.48. The number of ether oxygens (including phenoxy) is 1. The molecule has 4 heterocycles. The molecule has 5 rings (SSSR count). The summed E-state index contributed by atoms with van der Waals surface area (Å²) in [7, 11) is 0. The maximum Gasteiger partial charge on any atom is 0.147 e. The third kappa shape index (κ3) is 2.84. The fourth-order valence-electron chi connectivity index (χ4n) is 4.15. The highest BCUT2D eigenvalue weighted by atomic mass is 32.1. The zero-order chi connectivity index (χ0) is 18.4. The van der Waals surface area contributed by atoms with E-state index in [9.17, 15) is 0 Å². The predicted molar refractivity (Wildman–Crippen MR) is 111 cm³/mol. The molecule has 0 spiro atoms. The Morgan fingerprint density at radius 1 is 1.22 bits per heavy atom. The Bertz CT molecular complexity index is 995. The SMILES string of the molecule is CC[C@@H](C)Nc1ncnc2c1sc1nc(N3CCOCC3)c3c(c12)CCC3. The van der Waals surface area contributed by atoms with Gasteiger partial charge in [0.05, 0.1) is 23.4 Å². The summed E-state index contributed by atoms with van der Waals surface area (Å²) in [5.41, 5.74) is 3.95. The van der Waals surface area contributed by atoms with Crippen molar-refractivity contribution in [3.05, 3.63) is 17.5 Å². The number of nitrogens with zero attached hydrogens (tertiary/aromatic N) is 4. The summed E-state index contributed by atoms with van der Waals surface area (Å²) in [5, 5.41) is 4.80. The fourth-order valence-corrected chi connectivity index (χ4v) is 5.26. The van der Waals surface area contributed by atoms with Crippen LogP contribution in [-0.2, 0) is 17.6 Å². The summed E-state index contributed by atoms with van der Waals surface area (Å²) in [6.07, 6.45) is 6.19. The lowest BCUT2D eigenvalue weighted by Gasteiger charge is -2.29. The number of thiophene rings is 1. The second kappa shape index (κ2) is 6.87. The van der Waals surface area contributed by atoms with Crippen molar-refractivity contribution in [2.24, 2.45) is 0 Å². The predicted octanol–water partition coefficient (Wildman–Crippen LogP) is 3.78. The van der Waals surface area contributed by atoms with Gasteiger partial charge in [-0.05, 0) is 43.7 Å². The van der Waals surface area contributed by atoms with Crippen LogP contribution in [0.1, 0.15) is 37.8 Å². The number of nitrogens with one attached hydrogen (secondary N) is 1. The van der Waals surface area contributed by atoms with E-state index in [1.54, 1.807) is 17.7 Å². The average molecular weight is 384 g/mol. The van der Waals surface area contributed by atoms with Gasteiger partial charge in [-0.25, -0.2) is 15.0 Å². The molecule has 0 aromatic carbocycles. The van der Waals surface area contributed by atoms with Gasteiger partial charge in [-0.2, -0.15) is 0 Å². The first-order chi connectivity index (χ1) is 13.3. The molecule has 1 fully saturated rings. The van der Waals surface area contributed by atoms with Crippen LogP contribution in [0.15, 0.2) is 6.33 Å². The standard InChI is InChI=1S/C20H25N5OS/c1-3-12(2)23-18-17-16(21-11-22-18)15-13-5-4-6-14(13)19(24-20(15)27-17)25-7-9-26-10-8-25/h11-12H,3-10H2,1-2H3,(H,21,22,23)/t12-/m1/s1. The second-order valence-corrected chi connectivity index (χ2v) is 8.48. The summed E-state index contributed by atoms with van der Waals surface area (Å²) in [5.74, 6) is 2.12. The number of aromatic nitrogens is 3. The lowest BCUT2D eigenvalue weighted by Crippen LogP contribution is -2.37. The summed E-state index contributed by atoms with van der Waals surface area (Å²) in [6, 6.07) is 0.385. The van der Waals surface area contributed by atoms with E-state index in [2.05, 4.69) is 34.0 Å². The van der Waals surface area contributed by atoms with Gasteiger partial charge in [-0.3, -0.25) is 0 Å². The van der Waals surface area contributed by atoms with Crippen molar-refractivity contribution in [2.75, 3.05) is 36.5 Å². The number of hydrogen-bond donors (Lipinski definition) is 1. The van der Waals surface area contributed by atoms with Crippen molar-refractivity contribution in [2.45, 2.75) is 45.6 Å². The van der Waals surface area contributed by atoms with Gasteiger partial charge in [0.25, 0.3) is 0 Å². The Balaban J connectivity index is 1.71. The maximum atomic E-state index is 5.55. The number of anilines is 2. The van der Waals surface area contributed by atoms with Gasteiger partial charge >= 0.3 is 0 Å². The summed E-state index contributed by atoms with van der Waals surface area (Å²) < 4.78 is 6.68. The third-order valence-electron chi connectivity index (χ3n) is 5.76. The van der Waals surface area contributed by atoms with Crippen LogP contribution in [0.25, 0.3) is 20.4 Å². The van der Waals surface area contributed by atoms with Crippen LogP contribution in [0.2, 0.25) is 0 Å². The van der Waals surface area contributed by atoms with Gasteiger partial charge in [-0.1, -0.05) is 6.92 Å². The van der Waals surface area contributed by atoms with Crippen LogP contribution in [-0.4, -0.2) is 47.3 Å². The number of pyridine rings is 1. The number of hydrogen-bond acceptors (Lipinski definition) is 7. The summed E-state index contributed by atoms with van der Waals surface area (Å²) >= 11 is 1.73. The quantitative estimate of drug-likeness (QED) is 0.740. The van der Waals surface area contributed by atoms with E-state index in [0.717, 1.165) is 66.4 Å². The lowest BCUT2D eigenvalue weighted by molar-refractivity contribution is 0.122. The van der Waals surface area contributed by atoms with Crippen molar-refractivity contribution < 1.29 is 4.74 Å². The minimum Gasteiger partial charge on any atom is -0.378 e. The molecule has 1 saturated heterocycles. The van der Waals surface area contributed by atoms with Crippen LogP contribution in [0.3, 0.4) is 0 Å². The highest BCUT2D eigenvalue weighted by Crippen LogP contribution is 2.43. The van der Waals surface area contributed by atoms with Gasteiger partial charge < -0.3 is 15.0 Å². The van der Waals surface area contributed by atoms with Crippen molar-refractivity contribution in [1.29, 1.82) is 0 Å². The Hall–Kier alpha value is -1.99. The van der Waals surface area contributed by atoms with E-state index < -0.39 is 0 Å². The van der Waals surface area contributed by atoms with Crippen molar-refractivity contribution in [3.63, 3.8) is 0 Å². The minimum atomic E-state index is 0.385. The smallest absolute Gasteiger partial charge is 0.147 e. The molecule has 27 heavy (non-hydrogen) atoms. The molecule has 0 radical (unpaired) electrons. The molecular formula is C20H25N5OS. The number of rotatable bonds is 4. The van der Waals surface area contributed by atoms with Crippen molar-refractivity contribution >= 4 is 43.4 Å². The Labute approximate surface area is 163 Å². The highest BCUT2D eigenvalue weighted by molar-refractivity contribution is 7.26. The van der Waals surface area contributed by atoms with Crippen LogP contribution < -0.4 is 10.2 Å². The Kier molecular flexibility index (Phi) is 4.36. The third-order valence-corrected chi connectivity index (χ3v) is 6.84. The average Bonchev–Trinajstić information content (AvgIpc) is 3.32. The van der Waals surface area contributed by atoms with Crippen LogP contribution in [0, 0.1) is 0 Å². The van der Waals surface area contributed by atoms with Crippen molar-refractivity contribution in [3.8, 4) is 0 Å². The molecule has 1 aliphatic heterocycles. The molecule has 1 atom stereocenters. The molecule has 2 aliphatic rings. The molecule has 1 N–H and O–H groups in total. The molecule has 3 aromatic rings. The Morgan fingerprint density at radius 2 is 2.04 bits per heavy atom. The molecule has 0 bridgehead atoms. The maximum absolute atomic E-state index is 5.55. The molecule has 1 aliphatic carbocycles. The minimum absolute atomic E-state index is 0.385. The van der Waals surface area contributed by atoms with Gasteiger partial charge in [0.15, 0.2) is 0 Å². The van der Waals surface area contributed by atoms with E-state index in [4.69, 9.17) is 9.72 Å². The number of fused-ring (bicyclic) bond motifs is 5. The molecular weight excluding hydrogens is 358 g/mol. The highest BCUT2D eigenvalue weighted by Gasteiger charge is 2.27. The van der Waals surface area contributed by atoms with E-state index in [1.165, 1.54) is 28.8 Å². The Morgan fingerprint density at radius 3 is 2.85 bits per heavy atom. The first-order valence-electron chi connectivity index (χ1n) is 9.94. The van der Waals surface area contributed by atoms with Gasteiger partial charge in [0.1, 0.15) is 22.8 Å². The van der Waals surface area contributed by atoms with E-state index in [1.807, 2.05) is 0 Å². The van der Waals surface area contributed by atoms with Crippen LogP contribution >= 0.6 is 11.3 Å². The van der Waals surface area contributed by atoms with E-state index in [0.29, 0.717) is 6.04 Å². The first kappa shape index (κ1) is 17.1. The van der Waals surface area contributed by atoms with Gasteiger partial charge in [-0.15, -0.1) is 11.3 Å². The molecule has 0 saturated carbocycles. The van der Waals surface area contributed by atoms with E-state index >= 15 is 0 Å². The molecule has 142 valence electrons.